The van der Waals surface area contributed by atoms with E-state index in [9.17, 15) is 9.18 Å². The predicted molar refractivity (Wildman–Crippen MR) is 126 cm³/mol. The molecule has 9 heteroatoms. The molecule has 0 atom stereocenters. The van der Waals surface area contributed by atoms with Crippen molar-refractivity contribution < 1.29 is 14.5 Å². The third-order valence-corrected chi connectivity index (χ3v) is 5.94. The Hall–Kier alpha value is -3.10. The lowest BCUT2D eigenvalue weighted by molar-refractivity contribution is -0.663. The maximum absolute atomic E-state index is 14.4. The summed E-state index contributed by atoms with van der Waals surface area (Å²) in [4.78, 5) is 26.1. The van der Waals surface area contributed by atoms with Gasteiger partial charge in [0.05, 0.1) is 29.9 Å². The van der Waals surface area contributed by atoms with E-state index in [1.807, 2.05) is 13.8 Å². The number of hydrogen-bond acceptors (Lipinski definition) is 5. The molecule has 4 rings (SSSR count). The third-order valence-electron chi connectivity index (χ3n) is 5.70. The Morgan fingerprint density at radius 2 is 2.00 bits per heavy atom. The zero-order valence-corrected chi connectivity index (χ0v) is 19.4. The topological polar surface area (TPSA) is 96.4 Å². The van der Waals surface area contributed by atoms with Gasteiger partial charge in [-0.1, -0.05) is 25.4 Å². The number of quaternary nitrogens is 1. The van der Waals surface area contributed by atoms with Gasteiger partial charge in [0, 0.05) is 48.1 Å². The summed E-state index contributed by atoms with van der Waals surface area (Å²) in [7, 11) is 0. The van der Waals surface area contributed by atoms with Gasteiger partial charge in [-0.2, -0.15) is 0 Å². The molecule has 1 amide bonds. The van der Waals surface area contributed by atoms with E-state index in [2.05, 4.69) is 30.9 Å². The van der Waals surface area contributed by atoms with Crippen LogP contribution in [0.25, 0.3) is 11.4 Å². The quantitative estimate of drug-likeness (QED) is 0.512. The van der Waals surface area contributed by atoms with Crippen LogP contribution in [0.3, 0.4) is 0 Å². The molecule has 7 nitrogen and oxygen atoms in total. The summed E-state index contributed by atoms with van der Waals surface area (Å²) in [6, 6.07) is 6.15. The molecule has 172 valence electrons. The van der Waals surface area contributed by atoms with E-state index in [0.29, 0.717) is 22.1 Å². The second-order valence-corrected chi connectivity index (χ2v) is 8.87. The molecule has 3 aromatic rings. The smallest absolute Gasteiger partial charge is 0.255 e. The molecule has 4 N–H and O–H groups in total. The average Bonchev–Trinajstić information content (AvgIpc) is 2.81. The molecule has 3 heterocycles. The van der Waals surface area contributed by atoms with E-state index in [-0.39, 0.29) is 29.3 Å². The van der Waals surface area contributed by atoms with Gasteiger partial charge in [-0.05, 0) is 30.2 Å². The number of aromatic nitrogens is 3. The molecule has 0 aliphatic carbocycles. The van der Waals surface area contributed by atoms with E-state index in [4.69, 9.17) is 11.6 Å². The number of carbonyl (C=O) groups excluding carboxylic acids is 1. The lowest BCUT2D eigenvalue weighted by Crippen LogP contribution is -2.87. The van der Waals surface area contributed by atoms with Crippen molar-refractivity contribution in [2.24, 2.45) is 0 Å². The maximum atomic E-state index is 14.4. The minimum absolute atomic E-state index is 0.100. The van der Waals surface area contributed by atoms with Crippen molar-refractivity contribution in [3.05, 3.63) is 64.8 Å². The fourth-order valence-corrected chi connectivity index (χ4v) is 4.03. The van der Waals surface area contributed by atoms with Gasteiger partial charge in [0.15, 0.2) is 5.82 Å². The summed E-state index contributed by atoms with van der Waals surface area (Å²) in [6.07, 6.45) is 6.71. The number of pyridine rings is 1. The zero-order chi connectivity index (χ0) is 23.4. The molecule has 0 spiro atoms. The summed E-state index contributed by atoms with van der Waals surface area (Å²) >= 11 is 6.06. The van der Waals surface area contributed by atoms with Gasteiger partial charge in [-0.25, -0.2) is 14.4 Å². The SMILES string of the molecule is CC(C)c1cnc(-c2cc(Cl)ccc2F)nc1Nc1ccncc1C(=O)NC1CC[NH2+]CC1. The van der Waals surface area contributed by atoms with Crippen molar-refractivity contribution in [2.75, 3.05) is 18.4 Å². The first-order chi connectivity index (χ1) is 15.9. The molecule has 1 saturated heterocycles. The van der Waals surface area contributed by atoms with Crippen LogP contribution in [0.1, 0.15) is 48.5 Å². The molecule has 33 heavy (non-hydrogen) atoms. The molecule has 0 unspecified atom stereocenters. The zero-order valence-electron chi connectivity index (χ0n) is 18.6. The second kappa shape index (κ2) is 10.2. The summed E-state index contributed by atoms with van der Waals surface area (Å²) in [5.41, 5.74) is 2.05. The van der Waals surface area contributed by atoms with Crippen LogP contribution < -0.4 is 16.0 Å². The van der Waals surface area contributed by atoms with E-state index in [1.165, 1.54) is 18.2 Å². The van der Waals surface area contributed by atoms with Crippen molar-refractivity contribution >= 4 is 29.0 Å². The summed E-state index contributed by atoms with van der Waals surface area (Å²) < 4.78 is 14.4. The maximum Gasteiger partial charge on any atom is 0.255 e. The van der Waals surface area contributed by atoms with Crippen LogP contribution in [-0.4, -0.2) is 40.0 Å². The Morgan fingerprint density at radius 3 is 2.76 bits per heavy atom. The number of nitrogens with zero attached hydrogens (tertiary/aromatic N) is 3. The Balaban J connectivity index is 1.67. The van der Waals surface area contributed by atoms with Crippen molar-refractivity contribution in [3.63, 3.8) is 0 Å². The molecular formula is C24H27ClFN6O+. The summed E-state index contributed by atoms with van der Waals surface area (Å²) in [5.74, 6) is 0.167. The first-order valence-electron chi connectivity index (χ1n) is 11.1. The van der Waals surface area contributed by atoms with Gasteiger partial charge in [-0.15, -0.1) is 0 Å². The minimum atomic E-state index is -0.462. The highest BCUT2D eigenvalue weighted by molar-refractivity contribution is 6.30. The van der Waals surface area contributed by atoms with Crippen LogP contribution in [0.2, 0.25) is 5.02 Å². The predicted octanol–water partition coefficient (Wildman–Crippen LogP) is 3.65. The lowest BCUT2D eigenvalue weighted by atomic mass is 10.0. The van der Waals surface area contributed by atoms with Gasteiger partial charge in [0.25, 0.3) is 5.91 Å². The van der Waals surface area contributed by atoms with Crippen molar-refractivity contribution in [2.45, 2.75) is 38.6 Å². The standard InChI is InChI=1S/C24H26ClFN6O/c1-14(2)18-13-29-22(17-11-15(25)3-4-20(17)26)32-23(18)31-21-7-10-28-12-19(21)24(33)30-16-5-8-27-9-6-16/h3-4,7,10-14,16,27H,5-6,8-9H2,1-2H3,(H,30,33)(H,28,29,31,32)/p+1. The molecule has 1 aromatic carbocycles. The van der Waals surface area contributed by atoms with E-state index in [1.54, 1.807) is 24.7 Å². The Morgan fingerprint density at radius 1 is 1.21 bits per heavy atom. The molecule has 1 aliphatic heterocycles. The van der Waals surface area contributed by atoms with Crippen molar-refractivity contribution in [3.8, 4) is 11.4 Å². The number of rotatable bonds is 6. The first kappa shape index (κ1) is 23.1. The van der Waals surface area contributed by atoms with Crippen LogP contribution in [0.15, 0.2) is 42.9 Å². The number of carbonyl (C=O) groups is 1. The van der Waals surface area contributed by atoms with Crippen molar-refractivity contribution in [1.29, 1.82) is 0 Å². The highest BCUT2D eigenvalue weighted by Crippen LogP contribution is 2.30. The van der Waals surface area contributed by atoms with Gasteiger partial charge < -0.3 is 16.0 Å². The molecule has 0 saturated carbocycles. The van der Waals surface area contributed by atoms with Gasteiger partial charge in [-0.3, -0.25) is 9.78 Å². The largest absolute Gasteiger partial charge is 0.349 e. The fourth-order valence-electron chi connectivity index (χ4n) is 3.86. The highest BCUT2D eigenvalue weighted by Gasteiger charge is 2.21. The van der Waals surface area contributed by atoms with Gasteiger partial charge in [0.1, 0.15) is 11.6 Å². The van der Waals surface area contributed by atoms with E-state index < -0.39 is 5.82 Å². The number of anilines is 2. The number of halogens is 2. The number of piperidine rings is 1. The number of hydrogen-bond donors (Lipinski definition) is 3. The number of benzene rings is 1. The normalized spacial score (nSPS) is 14.3. The van der Waals surface area contributed by atoms with Crippen LogP contribution >= 0.6 is 11.6 Å². The van der Waals surface area contributed by atoms with Crippen LogP contribution in [-0.2, 0) is 0 Å². The van der Waals surface area contributed by atoms with Gasteiger partial charge in [0.2, 0.25) is 0 Å². The molecule has 1 fully saturated rings. The summed E-state index contributed by atoms with van der Waals surface area (Å²) in [6.45, 7) is 6.04. The fraction of sp³-hybridized carbons (Fsp3) is 0.333. The molecule has 0 bridgehead atoms. The number of nitrogens with two attached hydrogens (primary N) is 1. The first-order valence-corrected chi connectivity index (χ1v) is 11.5. The summed E-state index contributed by atoms with van der Waals surface area (Å²) in [5, 5.41) is 9.03. The lowest BCUT2D eigenvalue weighted by Gasteiger charge is -2.22. The van der Waals surface area contributed by atoms with Gasteiger partial charge >= 0.3 is 0 Å². The van der Waals surface area contributed by atoms with Crippen molar-refractivity contribution in [1.82, 2.24) is 20.3 Å². The average molecular weight is 470 g/mol. The van der Waals surface area contributed by atoms with E-state index >= 15 is 0 Å². The third kappa shape index (κ3) is 5.46. The van der Waals surface area contributed by atoms with Crippen LogP contribution in [0, 0.1) is 5.82 Å². The molecule has 0 radical (unpaired) electrons. The Kier molecular flexibility index (Phi) is 7.15. The Labute approximate surface area is 197 Å². The highest BCUT2D eigenvalue weighted by atomic mass is 35.5. The molecular weight excluding hydrogens is 443 g/mol. The molecule has 2 aromatic heterocycles. The number of amides is 1. The monoisotopic (exact) mass is 469 g/mol. The van der Waals surface area contributed by atoms with Crippen LogP contribution in [0.4, 0.5) is 15.9 Å². The molecule has 1 aliphatic rings. The van der Waals surface area contributed by atoms with E-state index in [0.717, 1.165) is 31.5 Å². The van der Waals surface area contributed by atoms with Crippen LogP contribution in [0.5, 0.6) is 0 Å². The minimum Gasteiger partial charge on any atom is -0.349 e. The number of nitrogens with one attached hydrogen (secondary N) is 2. The second-order valence-electron chi connectivity index (χ2n) is 8.44. The Bertz CT molecular complexity index is 1150.